The molecule has 3 nitrogen and oxygen atoms in total. The van der Waals surface area contributed by atoms with Gasteiger partial charge in [0.2, 0.25) is 0 Å². The van der Waals surface area contributed by atoms with E-state index in [-0.39, 0.29) is 0 Å². The molecule has 1 aromatic rings. The van der Waals surface area contributed by atoms with Gasteiger partial charge >= 0.3 is 0 Å². The Hall–Kier alpha value is 0.1000. The second kappa shape index (κ2) is 3.48. The molecule has 1 aromatic heterocycles. The minimum atomic E-state index is 0.765. The molecule has 0 spiro atoms. The summed E-state index contributed by atoms with van der Waals surface area (Å²) >= 11 is 6.59. The van der Waals surface area contributed by atoms with Crippen molar-refractivity contribution in [2.24, 2.45) is 0 Å². The van der Waals surface area contributed by atoms with Gasteiger partial charge in [-0.2, -0.15) is 0 Å². The molecule has 0 aromatic carbocycles. The van der Waals surface area contributed by atoms with E-state index < -0.39 is 0 Å². The third-order valence-electron chi connectivity index (χ3n) is 1.07. The molecule has 0 amide bonds. The van der Waals surface area contributed by atoms with Crippen molar-refractivity contribution in [1.82, 2.24) is 15.0 Å². The lowest BCUT2D eigenvalue weighted by molar-refractivity contribution is 0.569. The van der Waals surface area contributed by atoms with Crippen LogP contribution in [-0.4, -0.2) is 15.0 Å². The molecule has 0 fully saturated rings. The van der Waals surface area contributed by atoms with Gasteiger partial charge in [0.15, 0.2) is 4.60 Å². The Morgan fingerprint density at radius 2 is 2.20 bits per heavy atom. The fraction of sp³-hybridized carbons (Fsp3) is 0.600. The smallest absolute Gasteiger partial charge is 0.162 e. The maximum Gasteiger partial charge on any atom is 0.162 e. The second-order valence-electron chi connectivity index (χ2n) is 1.89. The van der Waals surface area contributed by atoms with Crippen molar-refractivity contribution in [3.63, 3.8) is 0 Å². The molecule has 0 bridgehead atoms. The molecule has 0 radical (unpaired) electrons. The van der Waals surface area contributed by atoms with Gasteiger partial charge in [-0.1, -0.05) is 12.1 Å². The third kappa shape index (κ3) is 1.58. The molecule has 0 aliphatic carbocycles. The first kappa shape index (κ1) is 8.20. The van der Waals surface area contributed by atoms with Crippen LogP contribution in [0.1, 0.15) is 13.3 Å². The molecule has 0 saturated carbocycles. The maximum absolute atomic E-state index is 3.88. The van der Waals surface area contributed by atoms with E-state index in [2.05, 4.69) is 49.1 Å². The zero-order valence-corrected chi connectivity index (χ0v) is 8.68. The number of aryl methyl sites for hydroxylation is 1. The van der Waals surface area contributed by atoms with Gasteiger partial charge in [-0.15, -0.1) is 5.10 Å². The quantitative estimate of drug-likeness (QED) is 0.824. The van der Waals surface area contributed by atoms with Crippen LogP contribution in [0.4, 0.5) is 0 Å². The van der Waals surface area contributed by atoms with Gasteiger partial charge in [0.1, 0.15) is 4.60 Å². The van der Waals surface area contributed by atoms with Crippen LogP contribution < -0.4 is 0 Å². The minimum absolute atomic E-state index is 0.765. The maximum atomic E-state index is 3.88. The third-order valence-corrected chi connectivity index (χ3v) is 2.92. The largest absolute Gasteiger partial charge is 0.237 e. The number of aromatic nitrogens is 3. The molecule has 1 rings (SSSR count). The Balaban J connectivity index is 2.83. The van der Waals surface area contributed by atoms with Crippen molar-refractivity contribution in [2.45, 2.75) is 19.9 Å². The minimum Gasteiger partial charge on any atom is -0.237 e. The molecule has 0 atom stereocenters. The number of halogens is 2. The second-order valence-corrected chi connectivity index (χ2v) is 3.40. The zero-order chi connectivity index (χ0) is 7.56. The molecule has 5 heteroatoms. The van der Waals surface area contributed by atoms with Crippen molar-refractivity contribution in [3.8, 4) is 0 Å². The molecular formula is C5H7Br2N3. The highest BCUT2D eigenvalue weighted by Crippen LogP contribution is 2.18. The summed E-state index contributed by atoms with van der Waals surface area (Å²) in [4.78, 5) is 0. The standard InChI is InChI=1S/C5H7Br2N3/c1-2-3-10-5(7)4(6)8-9-10/h2-3H2,1H3. The molecule has 0 aliphatic rings. The molecule has 10 heavy (non-hydrogen) atoms. The Kier molecular flexibility index (Phi) is 2.85. The average molecular weight is 269 g/mol. The predicted octanol–water partition coefficient (Wildman–Crippen LogP) is 2.21. The van der Waals surface area contributed by atoms with E-state index in [1.807, 2.05) is 4.68 Å². The average Bonchev–Trinajstić information content (AvgIpc) is 2.20. The van der Waals surface area contributed by atoms with Crippen molar-refractivity contribution in [3.05, 3.63) is 9.21 Å². The van der Waals surface area contributed by atoms with Gasteiger partial charge in [-0.3, -0.25) is 0 Å². The summed E-state index contributed by atoms with van der Waals surface area (Å²) in [6.07, 6.45) is 1.06. The van der Waals surface area contributed by atoms with Crippen molar-refractivity contribution in [1.29, 1.82) is 0 Å². The highest BCUT2D eigenvalue weighted by atomic mass is 79.9. The lowest BCUT2D eigenvalue weighted by Gasteiger charge is -1.95. The van der Waals surface area contributed by atoms with Crippen LogP contribution in [0.25, 0.3) is 0 Å². The zero-order valence-electron chi connectivity index (χ0n) is 5.51. The highest BCUT2D eigenvalue weighted by Gasteiger charge is 2.04. The van der Waals surface area contributed by atoms with Gasteiger partial charge in [-0.25, -0.2) is 4.68 Å². The summed E-state index contributed by atoms with van der Waals surface area (Å²) in [5.41, 5.74) is 0. The van der Waals surface area contributed by atoms with E-state index in [1.54, 1.807) is 0 Å². The first-order chi connectivity index (χ1) is 4.75. The topological polar surface area (TPSA) is 30.7 Å². The van der Waals surface area contributed by atoms with E-state index >= 15 is 0 Å². The van der Waals surface area contributed by atoms with Crippen LogP contribution in [0, 0.1) is 0 Å². The summed E-state index contributed by atoms with van der Waals surface area (Å²) in [6, 6.07) is 0. The lowest BCUT2D eigenvalue weighted by Crippen LogP contribution is -1.98. The fourth-order valence-corrected chi connectivity index (χ4v) is 1.24. The van der Waals surface area contributed by atoms with Crippen LogP contribution in [0.3, 0.4) is 0 Å². The highest BCUT2D eigenvalue weighted by molar-refractivity contribution is 9.13. The van der Waals surface area contributed by atoms with Crippen LogP contribution in [0.15, 0.2) is 9.21 Å². The van der Waals surface area contributed by atoms with E-state index in [9.17, 15) is 0 Å². The number of nitrogens with zero attached hydrogens (tertiary/aromatic N) is 3. The number of rotatable bonds is 2. The van der Waals surface area contributed by atoms with Crippen molar-refractivity contribution < 1.29 is 0 Å². The first-order valence-corrected chi connectivity index (χ1v) is 4.58. The number of hydrogen-bond acceptors (Lipinski definition) is 2. The Morgan fingerprint density at radius 1 is 1.50 bits per heavy atom. The molecule has 1 heterocycles. The Bertz CT molecular complexity index is 221. The van der Waals surface area contributed by atoms with E-state index in [0.29, 0.717) is 0 Å². The first-order valence-electron chi connectivity index (χ1n) is 3.00. The van der Waals surface area contributed by atoms with E-state index in [0.717, 1.165) is 22.2 Å². The monoisotopic (exact) mass is 267 g/mol. The van der Waals surface area contributed by atoms with Crippen LogP contribution in [0.2, 0.25) is 0 Å². The normalized spacial score (nSPS) is 10.3. The molecule has 0 unspecified atom stereocenters. The lowest BCUT2D eigenvalue weighted by atomic mass is 10.5. The Morgan fingerprint density at radius 3 is 2.60 bits per heavy atom. The summed E-state index contributed by atoms with van der Waals surface area (Å²) in [5.74, 6) is 0. The summed E-state index contributed by atoms with van der Waals surface area (Å²) < 4.78 is 3.49. The van der Waals surface area contributed by atoms with Crippen LogP contribution in [0.5, 0.6) is 0 Å². The summed E-state index contributed by atoms with van der Waals surface area (Å²) in [7, 11) is 0. The van der Waals surface area contributed by atoms with Gasteiger partial charge in [0.25, 0.3) is 0 Å². The fourth-order valence-electron chi connectivity index (χ4n) is 0.635. The van der Waals surface area contributed by atoms with E-state index in [1.165, 1.54) is 0 Å². The summed E-state index contributed by atoms with van der Waals surface area (Å²) in [5, 5.41) is 7.70. The number of hydrogen-bond donors (Lipinski definition) is 0. The van der Waals surface area contributed by atoms with Crippen molar-refractivity contribution >= 4 is 31.9 Å². The van der Waals surface area contributed by atoms with Crippen molar-refractivity contribution in [2.75, 3.05) is 0 Å². The molecule has 0 aliphatic heterocycles. The van der Waals surface area contributed by atoms with E-state index in [4.69, 9.17) is 0 Å². The van der Waals surface area contributed by atoms with Crippen LogP contribution in [-0.2, 0) is 6.54 Å². The molecular weight excluding hydrogens is 262 g/mol. The van der Waals surface area contributed by atoms with Crippen LogP contribution >= 0.6 is 31.9 Å². The van der Waals surface area contributed by atoms with Gasteiger partial charge in [0.05, 0.1) is 0 Å². The van der Waals surface area contributed by atoms with Gasteiger partial charge in [-0.05, 0) is 38.3 Å². The van der Waals surface area contributed by atoms with Gasteiger partial charge < -0.3 is 0 Å². The summed E-state index contributed by atoms with van der Waals surface area (Å²) in [6.45, 7) is 3.00. The molecule has 0 N–H and O–H groups in total. The predicted molar refractivity (Wildman–Crippen MR) is 45.7 cm³/mol. The van der Waals surface area contributed by atoms with Gasteiger partial charge in [0, 0.05) is 6.54 Å². The molecule has 0 saturated heterocycles. The SMILES string of the molecule is CCCn1nnc(Br)c1Br. The Labute approximate surface area is 76.1 Å². The molecule has 56 valence electrons.